The molecule has 0 spiro atoms. The standard InChI is InChI=1S/C26H29ClN8O4/c1-26(2,3)39-25(38)34-9-5-8-18(34)14-28-21-12-20(30-17-7-4-6-16(27)11-17)32-22-15(13-29-35(21)22)10-19-23(36)33-24(37)31-19/h4,6-7,10-13,18,30,36H,5,8-9,14H2,1-3H3,(H2,31,33,37)/b15-10-,28-21?. The number of imidazole rings is 1. The Morgan fingerprint density at radius 2 is 2.15 bits per heavy atom. The van der Waals surface area contributed by atoms with Gasteiger partial charge in [-0.25, -0.2) is 14.6 Å². The number of nitrogens with zero attached hydrogens (tertiary/aromatic N) is 5. The summed E-state index contributed by atoms with van der Waals surface area (Å²) in [6.45, 7) is 6.49. The molecule has 0 saturated carbocycles. The van der Waals surface area contributed by atoms with Crippen LogP contribution in [0.2, 0.25) is 5.02 Å². The molecule has 4 heterocycles. The van der Waals surface area contributed by atoms with Crippen LogP contribution in [-0.2, 0) is 4.74 Å². The van der Waals surface area contributed by atoms with E-state index in [0.29, 0.717) is 40.3 Å². The number of carbonyl (C=O) groups is 1. The Morgan fingerprint density at radius 1 is 1.33 bits per heavy atom. The van der Waals surface area contributed by atoms with E-state index in [9.17, 15) is 14.7 Å². The van der Waals surface area contributed by atoms with E-state index in [2.05, 4.69) is 20.4 Å². The van der Waals surface area contributed by atoms with Crippen molar-refractivity contribution in [2.45, 2.75) is 45.3 Å². The summed E-state index contributed by atoms with van der Waals surface area (Å²) in [7, 11) is 0. The highest BCUT2D eigenvalue weighted by molar-refractivity contribution is 6.30. The van der Waals surface area contributed by atoms with Crippen LogP contribution in [-0.4, -0.2) is 65.4 Å². The fraction of sp³-hybridized carbons (Fsp3) is 0.346. The minimum absolute atomic E-state index is 0.115. The van der Waals surface area contributed by atoms with Crippen molar-refractivity contribution in [2.75, 3.05) is 18.4 Å². The Bertz CT molecular complexity index is 1700. The van der Waals surface area contributed by atoms with E-state index in [0.717, 1.165) is 18.5 Å². The minimum Gasteiger partial charge on any atom is -0.493 e. The number of benzene rings is 1. The van der Waals surface area contributed by atoms with Crippen molar-refractivity contribution in [2.24, 2.45) is 4.99 Å². The van der Waals surface area contributed by atoms with Gasteiger partial charge in [0.05, 0.1) is 18.8 Å². The van der Waals surface area contributed by atoms with Gasteiger partial charge in [0.15, 0.2) is 11.1 Å². The number of H-pyrrole nitrogens is 2. The van der Waals surface area contributed by atoms with E-state index in [4.69, 9.17) is 26.3 Å². The topological polar surface area (TPSA) is 153 Å². The summed E-state index contributed by atoms with van der Waals surface area (Å²) in [5.74, 6) is 0.196. The molecule has 0 aliphatic carbocycles. The maximum atomic E-state index is 12.7. The van der Waals surface area contributed by atoms with Crippen molar-refractivity contribution in [3.05, 3.63) is 68.4 Å². The number of hydrogen-bond acceptors (Lipinski definition) is 8. The van der Waals surface area contributed by atoms with Gasteiger partial charge in [0, 0.05) is 28.5 Å². The van der Waals surface area contributed by atoms with Gasteiger partial charge in [-0.2, -0.15) is 9.61 Å². The van der Waals surface area contributed by atoms with Crippen LogP contribution in [0.5, 0.6) is 5.88 Å². The number of fused-ring (bicyclic) bond motifs is 1. The smallest absolute Gasteiger partial charge is 0.410 e. The van der Waals surface area contributed by atoms with Gasteiger partial charge in [-0.15, -0.1) is 0 Å². The van der Waals surface area contributed by atoms with Gasteiger partial charge in [0.1, 0.15) is 17.1 Å². The van der Waals surface area contributed by atoms with Crippen LogP contribution >= 0.6 is 11.6 Å². The van der Waals surface area contributed by atoms with Crippen molar-refractivity contribution in [3.8, 4) is 5.88 Å². The highest BCUT2D eigenvalue weighted by Crippen LogP contribution is 2.21. The molecule has 1 atom stereocenters. The average Bonchev–Trinajstić information content (AvgIpc) is 3.56. The number of nitrogens with one attached hydrogen (secondary N) is 3. The summed E-state index contributed by atoms with van der Waals surface area (Å²) in [4.78, 5) is 40.4. The summed E-state index contributed by atoms with van der Waals surface area (Å²) in [6.07, 6.45) is 4.46. The fourth-order valence-corrected chi connectivity index (χ4v) is 4.58. The Morgan fingerprint density at radius 3 is 2.87 bits per heavy atom. The first-order valence-corrected chi connectivity index (χ1v) is 12.9. The predicted octanol–water partition coefficient (Wildman–Crippen LogP) is 2.70. The van der Waals surface area contributed by atoms with Crippen LogP contribution in [0, 0.1) is 0 Å². The molecule has 1 aromatic carbocycles. The lowest BCUT2D eigenvalue weighted by molar-refractivity contribution is 0.0232. The summed E-state index contributed by atoms with van der Waals surface area (Å²) >= 11 is 6.16. The van der Waals surface area contributed by atoms with Gasteiger partial charge in [0.25, 0.3) is 0 Å². The monoisotopic (exact) mass is 552 g/mol. The third-order valence-electron chi connectivity index (χ3n) is 6.08. The van der Waals surface area contributed by atoms with E-state index in [1.807, 2.05) is 32.9 Å². The molecule has 204 valence electrons. The molecule has 4 N–H and O–H groups in total. The number of amides is 1. The number of halogens is 1. The number of anilines is 2. The Hall–Kier alpha value is -4.32. The van der Waals surface area contributed by atoms with E-state index >= 15 is 0 Å². The van der Waals surface area contributed by atoms with E-state index in [-0.39, 0.29) is 23.7 Å². The molecule has 39 heavy (non-hydrogen) atoms. The van der Waals surface area contributed by atoms with Gasteiger partial charge in [-0.05, 0) is 57.9 Å². The molecule has 1 saturated heterocycles. The van der Waals surface area contributed by atoms with Crippen LogP contribution in [0.3, 0.4) is 0 Å². The molecule has 4 aromatic rings. The Balaban J connectivity index is 1.55. The first-order chi connectivity index (χ1) is 18.6. The number of likely N-dealkylation sites (tertiary alicyclic amines) is 1. The number of carbonyl (C=O) groups excluding carboxylic acids is 1. The van der Waals surface area contributed by atoms with Gasteiger partial charge in [-0.3, -0.25) is 9.98 Å². The fourth-order valence-electron chi connectivity index (χ4n) is 4.39. The van der Waals surface area contributed by atoms with Crippen molar-refractivity contribution in [1.29, 1.82) is 0 Å². The quantitative estimate of drug-likeness (QED) is 0.297. The number of aromatic hydroxyl groups is 1. The van der Waals surface area contributed by atoms with Crippen LogP contribution in [0.25, 0.3) is 11.7 Å². The first kappa shape index (κ1) is 26.3. The van der Waals surface area contributed by atoms with Crippen molar-refractivity contribution in [1.82, 2.24) is 29.5 Å². The maximum Gasteiger partial charge on any atom is 0.410 e. The third-order valence-corrected chi connectivity index (χ3v) is 6.32. The van der Waals surface area contributed by atoms with Crippen LogP contribution in [0.1, 0.15) is 39.3 Å². The lowest BCUT2D eigenvalue weighted by Gasteiger charge is -2.27. The van der Waals surface area contributed by atoms with Crippen molar-refractivity contribution < 1.29 is 14.6 Å². The molecule has 3 aromatic heterocycles. The molecule has 1 unspecified atom stereocenters. The second-order valence-corrected chi connectivity index (χ2v) is 10.7. The molecule has 1 aliphatic rings. The zero-order valence-electron chi connectivity index (χ0n) is 21.7. The average molecular weight is 553 g/mol. The van der Waals surface area contributed by atoms with Crippen LogP contribution in [0.15, 0.2) is 46.3 Å². The molecule has 1 amide bonds. The van der Waals surface area contributed by atoms with Crippen LogP contribution in [0.4, 0.5) is 16.3 Å². The Labute approximate surface area is 228 Å². The number of aromatic amines is 2. The van der Waals surface area contributed by atoms with Gasteiger partial charge < -0.3 is 25.0 Å². The maximum absolute atomic E-state index is 12.7. The number of rotatable bonds is 5. The molecule has 1 aliphatic heterocycles. The number of ether oxygens (including phenoxy) is 1. The molecule has 12 nitrogen and oxygen atoms in total. The summed E-state index contributed by atoms with van der Waals surface area (Å²) in [6, 6.07) is 8.87. The van der Waals surface area contributed by atoms with Crippen molar-refractivity contribution in [3.63, 3.8) is 0 Å². The molecule has 5 rings (SSSR count). The highest BCUT2D eigenvalue weighted by atomic mass is 35.5. The normalized spacial score (nSPS) is 16.8. The van der Waals surface area contributed by atoms with Crippen molar-refractivity contribution >= 4 is 40.9 Å². The lowest BCUT2D eigenvalue weighted by atomic mass is 10.2. The van der Waals surface area contributed by atoms with Gasteiger partial charge >= 0.3 is 11.8 Å². The van der Waals surface area contributed by atoms with E-state index in [1.165, 1.54) is 0 Å². The zero-order valence-corrected chi connectivity index (χ0v) is 22.5. The number of hydrogen-bond donors (Lipinski definition) is 4. The lowest BCUT2D eigenvalue weighted by Crippen LogP contribution is -2.41. The second-order valence-electron chi connectivity index (χ2n) is 10.3. The molecular formula is C26H29ClN8O4. The zero-order chi connectivity index (χ0) is 27.7. The van der Waals surface area contributed by atoms with E-state index < -0.39 is 11.3 Å². The SMILES string of the molecule is CC(C)(C)OC(=O)N1CCCC1CN=c1cc(Nc2cccc(Cl)c2)nc2/c(=C\c3[nH]c(=O)[nH]c3O)cnn12. The highest BCUT2D eigenvalue weighted by Gasteiger charge is 2.31. The minimum atomic E-state index is -0.584. The predicted molar refractivity (Wildman–Crippen MR) is 146 cm³/mol. The third kappa shape index (κ3) is 6.06. The Kier molecular flexibility index (Phi) is 7.04. The molecule has 0 radical (unpaired) electrons. The van der Waals surface area contributed by atoms with Gasteiger partial charge in [-0.1, -0.05) is 17.7 Å². The molecule has 0 bridgehead atoms. The largest absolute Gasteiger partial charge is 0.493 e. The molecule has 1 fully saturated rings. The molecular weight excluding hydrogens is 524 g/mol. The second kappa shape index (κ2) is 10.4. The molecule has 13 heteroatoms. The summed E-state index contributed by atoms with van der Waals surface area (Å²) < 4.78 is 7.16. The number of aromatic nitrogens is 5. The summed E-state index contributed by atoms with van der Waals surface area (Å²) in [5.41, 5.74) is 0.759. The van der Waals surface area contributed by atoms with Gasteiger partial charge in [0.2, 0.25) is 5.88 Å². The summed E-state index contributed by atoms with van der Waals surface area (Å²) in [5, 5.41) is 18.8. The first-order valence-electron chi connectivity index (χ1n) is 12.5. The van der Waals surface area contributed by atoms with Crippen LogP contribution < -0.4 is 21.7 Å². The van der Waals surface area contributed by atoms with E-state index in [1.54, 1.807) is 39.9 Å².